The molecule has 22 atom stereocenters. The van der Waals surface area contributed by atoms with Gasteiger partial charge in [-0.05, 0) is 228 Å². The van der Waals surface area contributed by atoms with Crippen molar-refractivity contribution < 1.29 is 44.6 Å². The molecule has 13 aliphatic carbocycles. The molecule has 15 bridgehead atoms. The number of fused-ring (bicyclic) bond motifs is 4. The second-order valence-corrected chi connectivity index (χ2v) is 31.5. The first-order valence-electron chi connectivity index (χ1n) is 34.0. The molecule has 9 saturated carbocycles. The van der Waals surface area contributed by atoms with E-state index in [0.29, 0.717) is 75.7 Å². The van der Waals surface area contributed by atoms with Crippen LogP contribution in [0.1, 0.15) is 174 Å². The Hall–Kier alpha value is -4.18. The first-order valence-corrected chi connectivity index (χ1v) is 34.0. The minimum atomic E-state index is -2.23. The van der Waals surface area contributed by atoms with Crippen molar-refractivity contribution in [3.8, 4) is 11.8 Å². The molecule has 3 spiro atoms. The molecule has 10 nitrogen and oxygen atoms in total. The van der Waals surface area contributed by atoms with Gasteiger partial charge in [0.25, 0.3) is 0 Å². The first-order chi connectivity index (χ1) is 41.1. The van der Waals surface area contributed by atoms with Gasteiger partial charge in [0.1, 0.15) is 23.6 Å². The molecular weight excluding hydrogens is 1060 g/mol. The van der Waals surface area contributed by atoms with Crippen LogP contribution in [0.4, 0.5) is 0 Å². The third-order valence-corrected chi connectivity index (χ3v) is 28.3. The number of carbonyl (C=O) groups excluding carboxylic acids is 2. The first kappa shape index (κ1) is 56.1. The Balaban J connectivity index is 0.931. The number of carbonyl (C=O) groups is 2. The van der Waals surface area contributed by atoms with E-state index in [2.05, 4.69) is 78.7 Å². The van der Waals surface area contributed by atoms with Gasteiger partial charge in [0.15, 0.2) is 0 Å². The number of nitrogens with one attached hydrogen (secondary N) is 1. The molecule has 452 valence electrons. The van der Waals surface area contributed by atoms with Gasteiger partial charge >= 0.3 is 5.97 Å². The van der Waals surface area contributed by atoms with E-state index < -0.39 is 68.4 Å². The second-order valence-electron chi connectivity index (χ2n) is 31.5. The van der Waals surface area contributed by atoms with Crippen LogP contribution in [-0.2, 0) is 51.4 Å². The molecule has 18 rings (SSSR count). The summed E-state index contributed by atoms with van der Waals surface area (Å²) in [5.41, 5.74) is -0.791. The average molecular weight is 1150 g/mol. The van der Waals surface area contributed by atoms with Crippen molar-refractivity contribution in [2.45, 2.75) is 209 Å². The van der Waals surface area contributed by atoms with Gasteiger partial charge in [0.2, 0.25) is 0 Å². The van der Waals surface area contributed by atoms with E-state index in [-0.39, 0.29) is 66.7 Å². The van der Waals surface area contributed by atoms with Gasteiger partial charge in [-0.1, -0.05) is 105 Å². The minimum absolute atomic E-state index is 0.131. The molecule has 85 heavy (non-hydrogen) atoms. The third-order valence-electron chi connectivity index (χ3n) is 28.3. The zero-order chi connectivity index (χ0) is 58.0. The number of aliphatic hydroxyl groups excluding tert-OH is 2. The SMILES string of the molecule is CN[C@@H]1Cc2c(cccc2CO)C#C[C@@]23CC[C@H](Cc4cccc(c4)Cc4cccc(c4)CC[C@@H]4C[C@@H]5CCO[C@@H]6[C@@H]7CC[C@@H]([C@@H](C)C8CCCC8)C[C@H]8[C@H](O)[C@]9(O)[C@H](CC[C@]%10(C2)[C@H]2C%11=CC(=O)O[C@@H]%11[C@H]1C[C@H]2C[C@@]%109O)[C@@](C=O)(C[C@@]56C4)[C@@]78O)C3. The number of esters is 1. The van der Waals surface area contributed by atoms with Crippen molar-refractivity contribution in [2.24, 2.45) is 92.7 Å². The lowest BCUT2D eigenvalue weighted by atomic mass is 9.32. The Labute approximate surface area is 504 Å². The molecule has 6 N–H and O–H groups in total. The summed E-state index contributed by atoms with van der Waals surface area (Å²) in [6.45, 7) is 2.88. The quantitative estimate of drug-likeness (QED) is 0.0823. The molecule has 2 heterocycles. The number of hydrogen-bond donors (Lipinski definition) is 6. The minimum Gasteiger partial charge on any atom is -0.454 e. The summed E-state index contributed by atoms with van der Waals surface area (Å²) in [7, 11) is 1.97. The zero-order valence-corrected chi connectivity index (χ0v) is 50.5. The van der Waals surface area contributed by atoms with Crippen molar-refractivity contribution in [3.05, 3.63) is 117 Å². The topological polar surface area (TPSA) is 166 Å². The number of ether oxygens (including phenoxy) is 2. The van der Waals surface area contributed by atoms with Gasteiger partial charge in [-0.25, -0.2) is 4.79 Å². The van der Waals surface area contributed by atoms with Crippen LogP contribution in [0.3, 0.4) is 0 Å². The predicted octanol–water partition coefficient (Wildman–Crippen LogP) is 10.4. The van der Waals surface area contributed by atoms with Crippen molar-refractivity contribution in [2.75, 3.05) is 13.7 Å². The maximum atomic E-state index is 15.8. The van der Waals surface area contributed by atoms with E-state index in [9.17, 15) is 20.1 Å². The maximum absolute atomic E-state index is 15.8. The van der Waals surface area contributed by atoms with Crippen molar-refractivity contribution in [1.82, 2.24) is 5.32 Å². The lowest BCUT2D eigenvalue weighted by molar-refractivity contribution is -0.390. The van der Waals surface area contributed by atoms with E-state index in [1.54, 1.807) is 6.08 Å². The van der Waals surface area contributed by atoms with E-state index in [0.717, 1.165) is 99.2 Å². The predicted molar refractivity (Wildman–Crippen MR) is 323 cm³/mol. The maximum Gasteiger partial charge on any atom is 0.331 e. The average Bonchev–Trinajstić information content (AvgIpc) is 1.63. The molecule has 3 aromatic rings. The number of rotatable bonds is 5. The highest BCUT2D eigenvalue weighted by Gasteiger charge is 2.88. The van der Waals surface area contributed by atoms with Crippen molar-refractivity contribution >= 4 is 12.3 Å². The van der Waals surface area contributed by atoms with Gasteiger partial charge in [0.05, 0.1) is 29.8 Å². The molecule has 2 aliphatic heterocycles. The zero-order valence-electron chi connectivity index (χ0n) is 50.5. The lowest BCUT2D eigenvalue weighted by Crippen LogP contribution is -2.87. The summed E-state index contributed by atoms with van der Waals surface area (Å²) in [5, 5.41) is 75.0. The van der Waals surface area contributed by atoms with Gasteiger partial charge in [-0.2, -0.15) is 0 Å². The highest BCUT2D eigenvalue weighted by atomic mass is 16.5. The van der Waals surface area contributed by atoms with Crippen molar-refractivity contribution in [3.63, 3.8) is 0 Å². The van der Waals surface area contributed by atoms with Crippen LogP contribution >= 0.6 is 0 Å². The molecule has 0 unspecified atom stereocenters. The van der Waals surface area contributed by atoms with Crippen LogP contribution in [0.2, 0.25) is 0 Å². The molecule has 3 aromatic carbocycles. The van der Waals surface area contributed by atoms with Crippen LogP contribution < -0.4 is 5.32 Å². The van der Waals surface area contributed by atoms with Crippen LogP contribution in [0.5, 0.6) is 0 Å². The Morgan fingerprint density at radius 1 is 0.788 bits per heavy atom. The Kier molecular flexibility index (Phi) is 13.3. The number of benzene rings is 3. The second kappa shape index (κ2) is 20.2. The van der Waals surface area contributed by atoms with Crippen molar-refractivity contribution in [1.29, 1.82) is 0 Å². The van der Waals surface area contributed by atoms with Gasteiger partial charge in [0, 0.05) is 64.2 Å². The number of likely N-dealkylation sites (N-methyl/N-ethyl adjacent to an activating group) is 1. The molecule has 0 aromatic heterocycles. The largest absolute Gasteiger partial charge is 0.454 e. The summed E-state index contributed by atoms with van der Waals surface area (Å²) in [6, 6.07) is 24.3. The Bertz CT molecular complexity index is 3270. The third kappa shape index (κ3) is 7.87. The number of hydrogen-bond acceptors (Lipinski definition) is 10. The smallest absolute Gasteiger partial charge is 0.331 e. The van der Waals surface area contributed by atoms with E-state index in [4.69, 9.17) is 9.47 Å². The highest BCUT2D eigenvalue weighted by Crippen LogP contribution is 2.81. The molecule has 15 aliphatic rings. The van der Waals surface area contributed by atoms with Gasteiger partial charge < -0.3 is 45.1 Å². The van der Waals surface area contributed by atoms with Crippen LogP contribution in [0.15, 0.2) is 78.4 Å². The number of aryl methyl sites for hydroxylation is 1. The summed E-state index contributed by atoms with van der Waals surface area (Å²) >= 11 is 0. The fourth-order valence-electron chi connectivity index (χ4n) is 25.1. The Morgan fingerprint density at radius 2 is 1.58 bits per heavy atom. The molecule has 10 fully saturated rings. The Morgan fingerprint density at radius 3 is 2.38 bits per heavy atom. The fourth-order valence-corrected chi connectivity index (χ4v) is 25.1. The van der Waals surface area contributed by atoms with Crippen LogP contribution in [-0.4, -0.2) is 92.6 Å². The highest BCUT2D eigenvalue weighted by molar-refractivity contribution is 5.86. The monoisotopic (exact) mass is 1150 g/mol. The summed E-state index contributed by atoms with van der Waals surface area (Å²) in [6.07, 6.45) is 19.0. The number of aldehydes is 1. The normalized spacial score (nSPS) is 46.8. The molecule has 0 radical (unpaired) electrons. The fraction of sp³-hybridized carbons (Fsp3) is 0.680. The van der Waals surface area contributed by atoms with Gasteiger partial charge in [-0.15, -0.1) is 0 Å². The molecule has 10 heteroatoms. The van der Waals surface area contributed by atoms with Crippen LogP contribution in [0, 0.1) is 105 Å². The number of aliphatic hydroxyl groups is 5. The van der Waals surface area contributed by atoms with E-state index in [1.165, 1.54) is 47.9 Å². The molecule has 1 saturated heterocycles. The van der Waals surface area contributed by atoms with E-state index >= 15 is 15.0 Å². The summed E-state index contributed by atoms with van der Waals surface area (Å²) < 4.78 is 13.9. The summed E-state index contributed by atoms with van der Waals surface area (Å²) in [4.78, 5) is 30.0. The summed E-state index contributed by atoms with van der Waals surface area (Å²) in [5.74, 6) is 6.29. The molecular formula is C75H93NO9. The molecule has 0 amide bonds. The van der Waals surface area contributed by atoms with Crippen LogP contribution in [0.25, 0.3) is 0 Å². The lowest BCUT2D eigenvalue weighted by Gasteiger charge is -2.75. The standard InChI is InChI=1S/C75H93NO9/c1-44(51-12-3-4-13-51)53-18-19-60-68-70-38-49(32-56(70)23-27-84-68)17-16-45-8-5-9-46(28-45)29-47-10-6-11-48(30-47)31-50-20-24-69(37-50)25-21-52-14-7-15-54(40-77)57(52)35-62(76-2)58-33-55-39-73(81)71(41-69,65(55)59-36-64(79)85-66(58)59)26-22-63-72(42-70,43-78)74(60,82)61(34-53)67(80)75(63,73)83/h5-11,14-15,28,30,36,43-44,49-51,53,55-56,58,60-63,65-68,76-77,80-83H,3-4,12-13,16-20,22-24,26-27,29,31-35,37-42H2,1-2H3/t44-,49+,50+,53+,55-,56-,58-,60-,61-,62+,63+,65+,66+,67-,68+,69+,70-,71-,72-,73+,74+,75+/m0/s1. The van der Waals surface area contributed by atoms with Gasteiger partial charge in [-0.3, -0.25) is 0 Å². The van der Waals surface area contributed by atoms with E-state index in [1.807, 2.05) is 19.2 Å².